The fraction of sp³-hybridized carbons (Fsp3) is 0.316. The average Bonchev–Trinajstić information content (AvgIpc) is 3.29. The molecule has 2 aromatic rings. The third-order valence-electron chi connectivity index (χ3n) is 4.88. The summed E-state index contributed by atoms with van der Waals surface area (Å²) in [5.41, 5.74) is 5.88. The zero-order valence-corrected chi connectivity index (χ0v) is 17.3. The fourth-order valence-electron chi connectivity index (χ4n) is 3.30. The molecule has 1 aromatic carbocycles. The van der Waals surface area contributed by atoms with Crippen molar-refractivity contribution < 1.29 is 18.0 Å². The van der Waals surface area contributed by atoms with Crippen LogP contribution >= 0.6 is 11.3 Å². The minimum Gasteiger partial charge on any atom is -0.297 e. The van der Waals surface area contributed by atoms with Gasteiger partial charge in [-0.1, -0.05) is 29.8 Å². The van der Waals surface area contributed by atoms with Crippen molar-refractivity contribution in [3.63, 3.8) is 0 Å². The number of carbonyl (C=O) groups is 2. The number of rotatable bonds is 4. The number of aromatic nitrogens is 1. The van der Waals surface area contributed by atoms with Crippen LogP contribution in [0.3, 0.4) is 0 Å². The monoisotopic (exact) mass is 432 g/mol. The minimum absolute atomic E-state index is 0.0405. The highest BCUT2D eigenvalue weighted by molar-refractivity contribution is 7.91. The summed E-state index contributed by atoms with van der Waals surface area (Å²) in [6, 6.07) is 7.48. The van der Waals surface area contributed by atoms with Crippen molar-refractivity contribution in [2.24, 2.45) is 0 Å². The Bertz CT molecular complexity index is 1090. The zero-order chi connectivity index (χ0) is 20.6. The van der Waals surface area contributed by atoms with Crippen LogP contribution in [-0.4, -0.2) is 47.8 Å². The number of aryl methyl sites for hydroxylation is 1. The standard InChI is InChI=1S/C19H20N4O4S2/c1-12-2-4-13(5-3-12)16-10-28-19(20-16)21-18(25)15-6-7-17(24)23(22-15)14-8-9-29(26,27)11-14/h2-6,10,14,22H,7-9,11H2,1H3,(H,20,21,25)/t14-/m1/s1. The number of hydrogen-bond acceptors (Lipinski definition) is 7. The van der Waals surface area contributed by atoms with Gasteiger partial charge in [0.15, 0.2) is 15.0 Å². The Labute approximate surface area is 172 Å². The lowest BCUT2D eigenvalue weighted by Gasteiger charge is -2.32. The van der Waals surface area contributed by atoms with E-state index in [2.05, 4.69) is 15.7 Å². The Balaban J connectivity index is 1.43. The first-order chi connectivity index (χ1) is 13.8. The molecule has 1 saturated heterocycles. The summed E-state index contributed by atoms with van der Waals surface area (Å²) in [5, 5.41) is 6.32. The van der Waals surface area contributed by atoms with Crippen LogP contribution in [0.1, 0.15) is 18.4 Å². The number of carbonyl (C=O) groups excluding carboxylic acids is 2. The van der Waals surface area contributed by atoms with Gasteiger partial charge in [0.25, 0.3) is 5.91 Å². The van der Waals surface area contributed by atoms with Crippen molar-refractivity contribution >= 4 is 38.1 Å². The molecule has 29 heavy (non-hydrogen) atoms. The summed E-state index contributed by atoms with van der Waals surface area (Å²) in [4.78, 5) is 29.3. The molecule has 0 saturated carbocycles. The number of sulfone groups is 1. The van der Waals surface area contributed by atoms with E-state index in [-0.39, 0.29) is 29.5 Å². The number of amides is 2. The molecule has 1 atom stereocenters. The van der Waals surface area contributed by atoms with E-state index < -0.39 is 21.8 Å². The maximum Gasteiger partial charge on any atom is 0.275 e. The van der Waals surface area contributed by atoms with Gasteiger partial charge >= 0.3 is 0 Å². The smallest absolute Gasteiger partial charge is 0.275 e. The molecule has 4 rings (SSSR count). The highest BCUT2D eigenvalue weighted by Crippen LogP contribution is 2.26. The third-order valence-corrected chi connectivity index (χ3v) is 7.39. The normalized spacial score (nSPS) is 20.9. The molecular formula is C19H20N4O4S2. The Hall–Kier alpha value is -2.72. The van der Waals surface area contributed by atoms with Crippen LogP contribution in [-0.2, 0) is 19.4 Å². The van der Waals surface area contributed by atoms with E-state index in [4.69, 9.17) is 0 Å². The van der Waals surface area contributed by atoms with E-state index in [1.165, 1.54) is 22.4 Å². The summed E-state index contributed by atoms with van der Waals surface area (Å²) >= 11 is 1.31. The first-order valence-corrected chi connectivity index (χ1v) is 11.8. The van der Waals surface area contributed by atoms with E-state index >= 15 is 0 Å². The van der Waals surface area contributed by atoms with Crippen molar-refractivity contribution in [3.8, 4) is 11.3 Å². The van der Waals surface area contributed by atoms with Crippen LogP contribution in [0.25, 0.3) is 11.3 Å². The topological polar surface area (TPSA) is 108 Å². The van der Waals surface area contributed by atoms with Crippen LogP contribution in [0.5, 0.6) is 0 Å². The lowest BCUT2D eigenvalue weighted by molar-refractivity contribution is -0.136. The second kappa shape index (κ2) is 7.60. The van der Waals surface area contributed by atoms with Gasteiger partial charge in [-0.3, -0.25) is 25.3 Å². The molecule has 2 aliphatic rings. The largest absolute Gasteiger partial charge is 0.297 e. The number of benzene rings is 1. The molecular weight excluding hydrogens is 412 g/mol. The van der Waals surface area contributed by atoms with E-state index in [1.807, 2.05) is 36.6 Å². The lowest BCUT2D eigenvalue weighted by Crippen LogP contribution is -2.53. The fourth-order valence-corrected chi connectivity index (χ4v) is 5.71. The minimum atomic E-state index is -3.14. The predicted molar refractivity (Wildman–Crippen MR) is 111 cm³/mol. The average molecular weight is 433 g/mol. The molecule has 3 heterocycles. The highest BCUT2D eigenvalue weighted by Gasteiger charge is 2.37. The summed E-state index contributed by atoms with van der Waals surface area (Å²) < 4.78 is 23.4. The van der Waals surface area contributed by atoms with E-state index in [0.717, 1.165) is 16.8 Å². The van der Waals surface area contributed by atoms with Gasteiger partial charge in [0.05, 0.1) is 23.2 Å². The van der Waals surface area contributed by atoms with Crippen LogP contribution in [0.2, 0.25) is 0 Å². The number of anilines is 1. The van der Waals surface area contributed by atoms with Crippen molar-refractivity contribution in [2.75, 3.05) is 16.8 Å². The van der Waals surface area contributed by atoms with Gasteiger partial charge < -0.3 is 0 Å². The maximum absolute atomic E-state index is 12.6. The molecule has 1 fully saturated rings. The van der Waals surface area contributed by atoms with Gasteiger partial charge in [0.2, 0.25) is 5.91 Å². The van der Waals surface area contributed by atoms with Crippen LogP contribution in [0.15, 0.2) is 41.4 Å². The molecule has 1 aromatic heterocycles. The number of hydrazine groups is 1. The number of nitrogens with one attached hydrogen (secondary N) is 2. The van der Waals surface area contributed by atoms with E-state index in [1.54, 1.807) is 0 Å². The summed E-state index contributed by atoms with van der Waals surface area (Å²) in [6.45, 7) is 2.01. The Kier molecular flexibility index (Phi) is 5.13. The molecule has 0 radical (unpaired) electrons. The number of thiazole rings is 1. The molecule has 8 nitrogen and oxygen atoms in total. The summed E-state index contributed by atoms with van der Waals surface area (Å²) in [6.07, 6.45) is 1.91. The third kappa shape index (κ3) is 4.33. The molecule has 152 valence electrons. The highest BCUT2D eigenvalue weighted by atomic mass is 32.2. The number of hydrogen-bond donors (Lipinski definition) is 2. The Morgan fingerprint density at radius 1 is 1.31 bits per heavy atom. The van der Waals surface area contributed by atoms with Crippen molar-refractivity contribution in [1.29, 1.82) is 0 Å². The second-order valence-corrected chi connectivity index (χ2v) is 10.2. The quantitative estimate of drug-likeness (QED) is 0.764. The van der Waals surface area contributed by atoms with Gasteiger partial charge in [-0.25, -0.2) is 13.4 Å². The maximum atomic E-state index is 12.6. The van der Waals surface area contributed by atoms with Gasteiger partial charge in [0, 0.05) is 17.4 Å². The number of nitrogens with zero attached hydrogens (tertiary/aromatic N) is 2. The van der Waals surface area contributed by atoms with Gasteiger partial charge in [-0.15, -0.1) is 11.3 Å². The second-order valence-electron chi connectivity index (χ2n) is 7.11. The molecule has 0 spiro atoms. The van der Waals surface area contributed by atoms with Crippen LogP contribution in [0.4, 0.5) is 5.13 Å². The van der Waals surface area contributed by atoms with E-state index in [9.17, 15) is 18.0 Å². The van der Waals surface area contributed by atoms with Gasteiger partial charge in [-0.05, 0) is 19.4 Å². The summed E-state index contributed by atoms with van der Waals surface area (Å²) in [7, 11) is -3.14. The first kappa shape index (κ1) is 19.6. The van der Waals surface area contributed by atoms with Crippen molar-refractivity contribution in [3.05, 3.63) is 47.0 Å². The molecule has 2 amide bonds. The van der Waals surface area contributed by atoms with Crippen molar-refractivity contribution in [2.45, 2.75) is 25.8 Å². The Morgan fingerprint density at radius 3 is 2.76 bits per heavy atom. The first-order valence-electron chi connectivity index (χ1n) is 9.14. The lowest BCUT2D eigenvalue weighted by atomic mass is 10.1. The molecule has 0 unspecified atom stereocenters. The van der Waals surface area contributed by atoms with Gasteiger partial charge in [0.1, 0.15) is 5.70 Å². The van der Waals surface area contributed by atoms with Crippen LogP contribution in [0, 0.1) is 6.92 Å². The van der Waals surface area contributed by atoms with Gasteiger partial charge in [-0.2, -0.15) is 0 Å². The molecule has 0 bridgehead atoms. The zero-order valence-electron chi connectivity index (χ0n) is 15.7. The summed E-state index contributed by atoms with van der Waals surface area (Å²) in [5.74, 6) is -0.713. The molecule has 0 aliphatic carbocycles. The van der Waals surface area contributed by atoms with Crippen LogP contribution < -0.4 is 10.7 Å². The Morgan fingerprint density at radius 2 is 2.07 bits per heavy atom. The molecule has 2 aliphatic heterocycles. The molecule has 10 heteroatoms. The van der Waals surface area contributed by atoms with Crippen molar-refractivity contribution in [1.82, 2.24) is 15.4 Å². The van der Waals surface area contributed by atoms with E-state index in [0.29, 0.717) is 11.6 Å². The predicted octanol–water partition coefficient (Wildman–Crippen LogP) is 1.86. The SMILES string of the molecule is Cc1ccc(-c2csc(NC(=O)C3=CCC(=O)N([C@@H]4CCS(=O)(=O)C4)N3)n2)cc1. The molecule has 2 N–H and O–H groups in total.